The third-order valence-corrected chi connectivity index (χ3v) is 4.96. The van der Waals surface area contributed by atoms with Gasteiger partial charge in [0.1, 0.15) is 0 Å². The van der Waals surface area contributed by atoms with E-state index in [1.54, 1.807) is 0 Å². The van der Waals surface area contributed by atoms with Gasteiger partial charge in [-0.3, -0.25) is 4.90 Å². The summed E-state index contributed by atoms with van der Waals surface area (Å²) in [6, 6.07) is 1.28. The first-order valence-corrected chi connectivity index (χ1v) is 7.96. The molecule has 0 spiro atoms. The zero-order valence-corrected chi connectivity index (χ0v) is 12.3. The second-order valence-electron chi connectivity index (χ2n) is 6.19. The fraction of sp³-hybridized carbons (Fsp3) is 1.00. The van der Waals surface area contributed by atoms with Crippen molar-refractivity contribution in [1.82, 2.24) is 9.80 Å². The third-order valence-electron chi connectivity index (χ3n) is 4.96. The van der Waals surface area contributed by atoms with E-state index >= 15 is 0 Å². The summed E-state index contributed by atoms with van der Waals surface area (Å²) in [6.45, 7) is 10.9. The number of hydrogen-bond donors (Lipinski definition) is 1. The first kappa shape index (κ1) is 14.3. The lowest BCUT2D eigenvalue weighted by molar-refractivity contribution is 0.0627. The smallest absolute Gasteiger partial charge is 0.0120 e. The molecule has 0 aromatic carbocycles. The van der Waals surface area contributed by atoms with Crippen LogP contribution in [0.4, 0.5) is 0 Å². The van der Waals surface area contributed by atoms with E-state index in [1.807, 2.05) is 0 Å². The van der Waals surface area contributed by atoms with Gasteiger partial charge in [0.25, 0.3) is 0 Å². The Morgan fingerprint density at radius 2 is 1.78 bits per heavy atom. The number of hydrogen-bond acceptors (Lipinski definition) is 3. The van der Waals surface area contributed by atoms with Crippen LogP contribution < -0.4 is 5.73 Å². The Morgan fingerprint density at radius 1 is 1.06 bits per heavy atom. The fourth-order valence-corrected chi connectivity index (χ4v) is 3.67. The van der Waals surface area contributed by atoms with Crippen molar-refractivity contribution in [2.75, 3.05) is 32.7 Å². The van der Waals surface area contributed by atoms with Gasteiger partial charge in [-0.25, -0.2) is 0 Å². The average molecular weight is 253 g/mol. The SMILES string of the molecule is CCCN1CCC(N2CCC(N)C(CC)C2)CC1. The summed E-state index contributed by atoms with van der Waals surface area (Å²) in [4.78, 5) is 5.37. The van der Waals surface area contributed by atoms with Crippen LogP contribution >= 0.6 is 0 Å². The van der Waals surface area contributed by atoms with E-state index in [9.17, 15) is 0 Å². The maximum atomic E-state index is 6.21. The van der Waals surface area contributed by atoms with Crippen LogP contribution in [0.2, 0.25) is 0 Å². The summed E-state index contributed by atoms with van der Waals surface area (Å²) < 4.78 is 0. The minimum absolute atomic E-state index is 0.450. The van der Waals surface area contributed by atoms with Crippen molar-refractivity contribution in [1.29, 1.82) is 0 Å². The first-order valence-electron chi connectivity index (χ1n) is 7.96. The molecule has 0 saturated carbocycles. The first-order chi connectivity index (χ1) is 8.74. The van der Waals surface area contributed by atoms with Gasteiger partial charge in [-0.2, -0.15) is 0 Å². The predicted octanol–water partition coefficient (Wildman–Crippen LogP) is 1.92. The van der Waals surface area contributed by atoms with Crippen LogP contribution in [-0.4, -0.2) is 54.6 Å². The molecule has 0 aromatic heterocycles. The van der Waals surface area contributed by atoms with Crippen LogP contribution in [0.15, 0.2) is 0 Å². The lowest BCUT2D eigenvalue weighted by Crippen LogP contribution is -2.53. The maximum absolute atomic E-state index is 6.21. The van der Waals surface area contributed by atoms with Gasteiger partial charge in [-0.05, 0) is 57.8 Å². The summed E-state index contributed by atoms with van der Waals surface area (Å²) in [5.74, 6) is 0.729. The molecule has 2 atom stereocenters. The van der Waals surface area contributed by atoms with E-state index in [0.717, 1.165) is 12.0 Å². The highest BCUT2D eigenvalue weighted by molar-refractivity contribution is 4.87. The standard InChI is InChI=1S/C15H31N3/c1-3-8-17-9-5-14(6-10-17)18-11-7-15(16)13(4-2)12-18/h13-15H,3-12,16H2,1-2H3. The van der Waals surface area contributed by atoms with Gasteiger partial charge < -0.3 is 10.6 Å². The summed E-state index contributed by atoms with van der Waals surface area (Å²) in [6.07, 6.45) is 6.47. The van der Waals surface area contributed by atoms with Crippen molar-refractivity contribution in [2.45, 2.75) is 58.0 Å². The lowest BCUT2D eigenvalue weighted by Gasteiger charge is -2.44. The van der Waals surface area contributed by atoms with Gasteiger partial charge in [-0.15, -0.1) is 0 Å². The highest BCUT2D eigenvalue weighted by Crippen LogP contribution is 2.24. The highest BCUT2D eigenvalue weighted by atomic mass is 15.2. The fourth-order valence-electron chi connectivity index (χ4n) is 3.67. The number of likely N-dealkylation sites (tertiary alicyclic amines) is 2. The molecule has 0 bridgehead atoms. The Balaban J connectivity index is 1.79. The van der Waals surface area contributed by atoms with Gasteiger partial charge >= 0.3 is 0 Å². The van der Waals surface area contributed by atoms with Gasteiger partial charge in [0, 0.05) is 18.6 Å². The van der Waals surface area contributed by atoms with Crippen LogP contribution in [0, 0.1) is 5.92 Å². The molecule has 3 heteroatoms. The third kappa shape index (κ3) is 3.46. The Morgan fingerprint density at radius 3 is 2.39 bits per heavy atom. The van der Waals surface area contributed by atoms with E-state index in [-0.39, 0.29) is 0 Å². The number of piperidine rings is 2. The summed E-state index contributed by atoms with van der Waals surface area (Å²) in [5, 5.41) is 0. The Hall–Kier alpha value is -0.120. The predicted molar refractivity (Wildman–Crippen MR) is 77.7 cm³/mol. The zero-order valence-electron chi connectivity index (χ0n) is 12.3. The molecular formula is C15H31N3. The molecule has 0 aromatic rings. The summed E-state index contributed by atoms with van der Waals surface area (Å²) in [5.41, 5.74) is 6.21. The molecule has 2 saturated heterocycles. The van der Waals surface area contributed by atoms with E-state index in [0.29, 0.717) is 6.04 Å². The number of rotatable bonds is 4. The van der Waals surface area contributed by atoms with E-state index < -0.39 is 0 Å². The van der Waals surface area contributed by atoms with E-state index in [4.69, 9.17) is 5.73 Å². The van der Waals surface area contributed by atoms with Crippen molar-refractivity contribution in [3.63, 3.8) is 0 Å². The summed E-state index contributed by atoms with van der Waals surface area (Å²) >= 11 is 0. The van der Waals surface area contributed by atoms with Crippen LogP contribution in [0.5, 0.6) is 0 Å². The normalized spacial score (nSPS) is 32.8. The quantitative estimate of drug-likeness (QED) is 0.831. The van der Waals surface area contributed by atoms with Crippen LogP contribution in [0.3, 0.4) is 0 Å². The molecule has 2 rings (SSSR count). The zero-order chi connectivity index (χ0) is 13.0. The molecule has 2 aliphatic heterocycles. The van der Waals surface area contributed by atoms with Crippen molar-refractivity contribution in [3.8, 4) is 0 Å². The minimum atomic E-state index is 0.450. The van der Waals surface area contributed by atoms with Gasteiger partial charge in [-0.1, -0.05) is 20.3 Å². The van der Waals surface area contributed by atoms with Crippen molar-refractivity contribution < 1.29 is 0 Å². The molecule has 18 heavy (non-hydrogen) atoms. The van der Waals surface area contributed by atoms with Gasteiger partial charge in [0.2, 0.25) is 0 Å². The minimum Gasteiger partial charge on any atom is -0.327 e. The summed E-state index contributed by atoms with van der Waals surface area (Å²) in [7, 11) is 0. The molecule has 2 fully saturated rings. The largest absolute Gasteiger partial charge is 0.327 e. The van der Waals surface area contributed by atoms with Gasteiger partial charge in [0.05, 0.1) is 0 Å². The molecule has 2 N–H and O–H groups in total. The maximum Gasteiger partial charge on any atom is 0.0120 e. The molecule has 0 aliphatic carbocycles. The molecular weight excluding hydrogens is 222 g/mol. The van der Waals surface area contributed by atoms with Gasteiger partial charge in [0.15, 0.2) is 0 Å². The monoisotopic (exact) mass is 253 g/mol. The molecule has 0 amide bonds. The Labute approximate surface area is 113 Å². The van der Waals surface area contributed by atoms with E-state index in [1.165, 1.54) is 64.8 Å². The molecule has 2 unspecified atom stereocenters. The molecule has 2 aliphatic rings. The molecule has 2 heterocycles. The van der Waals surface area contributed by atoms with Crippen LogP contribution in [0.25, 0.3) is 0 Å². The average Bonchev–Trinajstić information content (AvgIpc) is 2.41. The second kappa shape index (κ2) is 6.88. The Kier molecular flexibility index (Phi) is 5.46. The van der Waals surface area contributed by atoms with Crippen molar-refractivity contribution >= 4 is 0 Å². The molecule has 3 nitrogen and oxygen atoms in total. The van der Waals surface area contributed by atoms with Crippen LogP contribution in [-0.2, 0) is 0 Å². The van der Waals surface area contributed by atoms with Crippen LogP contribution in [0.1, 0.15) is 46.0 Å². The second-order valence-corrected chi connectivity index (χ2v) is 6.19. The lowest BCUT2D eigenvalue weighted by atomic mass is 9.88. The highest BCUT2D eigenvalue weighted by Gasteiger charge is 2.31. The molecule has 106 valence electrons. The topological polar surface area (TPSA) is 32.5 Å². The number of nitrogens with zero attached hydrogens (tertiary/aromatic N) is 2. The van der Waals surface area contributed by atoms with Crippen molar-refractivity contribution in [2.24, 2.45) is 11.7 Å². The van der Waals surface area contributed by atoms with Crippen molar-refractivity contribution in [3.05, 3.63) is 0 Å². The Bertz CT molecular complexity index is 236. The van der Waals surface area contributed by atoms with E-state index in [2.05, 4.69) is 23.6 Å². The number of nitrogens with two attached hydrogens (primary N) is 1. The molecule has 0 radical (unpaired) electrons.